The Morgan fingerprint density at radius 3 is 2.60 bits per heavy atom. The van der Waals surface area contributed by atoms with Crippen LogP contribution in [0.1, 0.15) is 38.8 Å². The van der Waals surface area contributed by atoms with Crippen LogP contribution in [0.3, 0.4) is 0 Å². The van der Waals surface area contributed by atoms with E-state index in [0.29, 0.717) is 10.1 Å². The zero-order valence-electron chi connectivity index (χ0n) is 9.46. The number of thioether (sulfide) groups is 1. The van der Waals surface area contributed by atoms with Gasteiger partial charge in [0.1, 0.15) is 5.82 Å². The van der Waals surface area contributed by atoms with E-state index in [1.807, 2.05) is 13.0 Å². The molecule has 2 N–H and O–H groups in total. The number of nitrogens with two attached hydrogens (primary N) is 1. The summed E-state index contributed by atoms with van der Waals surface area (Å²) in [5, 5.41) is 0.416. The van der Waals surface area contributed by atoms with Gasteiger partial charge in [0.05, 0.1) is 0 Å². The minimum Gasteiger partial charge on any atom is -0.324 e. The van der Waals surface area contributed by atoms with Crippen LogP contribution < -0.4 is 5.73 Å². The lowest BCUT2D eigenvalue weighted by Gasteiger charge is -2.15. The second kappa shape index (κ2) is 5.52. The highest BCUT2D eigenvalue weighted by Gasteiger charge is 2.14. The summed E-state index contributed by atoms with van der Waals surface area (Å²) in [6, 6.07) is 5.00. The standard InChI is InChI=1S/C12H18FNS/c1-4-8(2)15-12-10(9(3)14)6-5-7-11(12)13/h5-9H,4,14H2,1-3H3/t8?,9-/m0/s1. The van der Waals surface area contributed by atoms with Gasteiger partial charge in [-0.05, 0) is 25.0 Å². The maximum Gasteiger partial charge on any atom is 0.137 e. The molecule has 1 unspecified atom stereocenters. The first-order chi connectivity index (χ1) is 7.06. The molecule has 0 bridgehead atoms. The average molecular weight is 227 g/mol. The molecule has 84 valence electrons. The van der Waals surface area contributed by atoms with Gasteiger partial charge < -0.3 is 5.73 Å². The first kappa shape index (κ1) is 12.5. The maximum atomic E-state index is 13.6. The Labute approximate surface area is 95.2 Å². The highest BCUT2D eigenvalue weighted by molar-refractivity contribution is 8.00. The molecule has 1 rings (SSSR count). The van der Waals surface area contributed by atoms with Crippen LogP contribution in [0, 0.1) is 5.82 Å². The van der Waals surface area contributed by atoms with Gasteiger partial charge in [0.2, 0.25) is 0 Å². The maximum absolute atomic E-state index is 13.6. The lowest BCUT2D eigenvalue weighted by atomic mass is 10.1. The molecule has 0 aliphatic rings. The van der Waals surface area contributed by atoms with Gasteiger partial charge in [0.25, 0.3) is 0 Å². The Kier molecular flexibility index (Phi) is 4.61. The monoisotopic (exact) mass is 227 g/mol. The Morgan fingerprint density at radius 1 is 1.40 bits per heavy atom. The second-order valence-corrected chi connectivity index (χ2v) is 5.23. The fraction of sp³-hybridized carbons (Fsp3) is 0.500. The minimum absolute atomic E-state index is 0.118. The summed E-state index contributed by atoms with van der Waals surface area (Å²) in [5.74, 6) is -0.157. The quantitative estimate of drug-likeness (QED) is 0.793. The highest BCUT2D eigenvalue weighted by Crippen LogP contribution is 2.33. The third-order valence-electron chi connectivity index (χ3n) is 2.38. The van der Waals surface area contributed by atoms with E-state index in [0.717, 1.165) is 12.0 Å². The van der Waals surface area contributed by atoms with Crippen molar-refractivity contribution in [1.29, 1.82) is 0 Å². The fourth-order valence-corrected chi connectivity index (χ4v) is 2.43. The summed E-state index contributed by atoms with van der Waals surface area (Å²) in [5.41, 5.74) is 6.72. The molecule has 15 heavy (non-hydrogen) atoms. The summed E-state index contributed by atoms with van der Waals surface area (Å²) in [4.78, 5) is 0.710. The van der Waals surface area contributed by atoms with E-state index in [-0.39, 0.29) is 11.9 Å². The third-order valence-corrected chi connectivity index (χ3v) is 3.78. The van der Waals surface area contributed by atoms with Gasteiger partial charge in [0.15, 0.2) is 0 Å². The van der Waals surface area contributed by atoms with Crippen LogP contribution in [-0.4, -0.2) is 5.25 Å². The molecule has 0 saturated carbocycles. The van der Waals surface area contributed by atoms with Gasteiger partial charge in [-0.15, -0.1) is 11.8 Å². The summed E-state index contributed by atoms with van der Waals surface area (Å²) < 4.78 is 13.6. The number of benzene rings is 1. The van der Waals surface area contributed by atoms with Crippen molar-refractivity contribution in [2.75, 3.05) is 0 Å². The van der Waals surface area contributed by atoms with E-state index in [1.165, 1.54) is 6.07 Å². The first-order valence-corrected chi connectivity index (χ1v) is 6.14. The van der Waals surface area contributed by atoms with Gasteiger partial charge in [-0.25, -0.2) is 4.39 Å². The molecular formula is C12H18FNS. The third kappa shape index (κ3) is 3.21. The van der Waals surface area contributed by atoms with Crippen molar-refractivity contribution in [3.63, 3.8) is 0 Å². The predicted octanol–water partition coefficient (Wildman–Crippen LogP) is 3.74. The van der Waals surface area contributed by atoms with E-state index in [4.69, 9.17) is 5.73 Å². The van der Waals surface area contributed by atoms with Crippen LogP contribution >= 0.6 is 11.8 Å². The van der Waals surface area contributed by atoms with Crippen molar-refractivity contribution in [3.8, 4) is 0 Å². The fourth-order valence-electron chi connectivity index (χ4n) is 1.29. The van der Waals surface area contributed by atoms with Crippen LogP contribution in [0.2, 0.25) is 0 Å². The van der Waals surface area contributed by atoms with Crippen molar-refractivity contribution in [3.05, 3.63) is 29.6 Å². The van der Waals surface area contributed by atoms with Crippen LogP contribution in [0.15, 0.2) is 23.1 Å². The molecule has 1 aromatic carbocycles. The van der Waals surface area contributed by atoms with Gasteiger partial charge in [-0.2, -0.15) is 0 Å². The van der Waals surface area contributed by atoms with Crippen molar-refractivity contribution in [1.82, 2.24) is 0 Å². The number of rotatable bonds is 4. The van der Waals surface area contributed by atoms with E-state index in [1.54, 1.807) is 17.8 Å². The summed E-state index contributed by atoms with van der Waals surface area (Å²) in [6.07, 6.45) is 1.03. The highest BCUT2D eigenvalue weighted by atomic mass is 32.2. The zero-order chi connectivity index (χ0) is 11.4. The topological polar surface area (TPSA) is 26.0 Å². The van der Waals surface area contributed by atoms with Crippen molar-refractivity contribution < 1.29 is 4.39 Å². The van der Waals surface area contributed by atoms with Crippen LogP contribution in [0.5, 0.6) is 0 Å². The molecule has 0 aliphatic heterocycles. The molecule has 1 aromatic rings. The molecule has 3 heteroatoms. The summed E-state index contributed by atoms with van der Waals surface area (Å²) in [6.45, 7) is 6.08. The summed E-state index contributed by atoms with van der Waals surface area (Å²) >= 11 is 1.57. The minimum atomic E-state index is -0.157. The van der Waals surface area contributed by atoms with Gasteiger partial charge in [-0.1, -0.05) is 26.0 Å². The lowest BCUT2D eigenvalue weighted by Crippen LogP contribution is -2.08. The van der Waals surface area contributed by atoms with Crippen molar-refractivity contribution in [2.24, 2.45) is 5.73 Å². The molecular weight excluding hydrogens is 209 g/mol. The van der Waals surface area contributed by atoms with Crippen molar-refractivity contribution >= 4 is 11.8 Å². The van der Waals surface area contributed by atoms with Crippen LogP contribution in [-0.2, 0) is 0 Å². The van der Waals surface area contributed by atoms with E-state index in [2.05, 4.69) is 13.8 Å². The van der Waals surface area contributed by atoms with E-state index in [9.17, 15) is 4.39 Å². The largest absolute Gasteiger partial charge is 0.324 e. The molecule has 0 spiro atoms. The van der Waals surface area contributed by atoms with Gasteiger partial charge >= 0.3 is 0 Å². The van der Waals surface area contributed by atoms with Gasteiger partial charge in [0, 0.05) is 16.2 Å². The molecule has 2 atom stereocenters. The van der Waals surface area contributed by atoms with E-state index < -0.39 is 0 Å². The molecule has 0 aliphatic carbocycles. The van der Waals surface area contributed by atoms with Crippen molar-refractivity contribution in [2.45, 2.75) is 43.4 Å². The number of hydrogen-bond donors (Lipinski definition) is 1. The second-order valence-electron chi connectivity index (χ2n) is 3.78. The first-order valence-electron chi connectivity index (χ1n) is 5.26. The average Bonchev–Trinajstić information content (AvgIpc) is 2.20. The summed E-state index contributed by atoms with van der Waals surface area (Å²) in [7, 11) is 0. The Morgan fingerprint density at radius 2 is 2.07 bits per heavy atom. The molecule has 0 heterocycles. The number of halogens is 1. The smallest absolute Gasteiger partial charge is 0.137 e. The SMILES string of the molecule is CCC(C)Sc1c(F)cccc1[C@H](C)N. The predicted molar refractivity (Wildman–Crippen MR) is 64.6 cm³/mol. The molecule has 0 saturated heterocycles. The van der Waals surface area contributed by atoms with Gasteiger partial charge in [-0.3, -0.25) is 0 Å². The number of hydrogen-bond acceptors (Lipinski definition) is 2. The zero-order valence-corrected chi connectivity index (χ0v) is 10.3. The Hall–Kier alpha value is -0.540. The molecule has 0 aromatic heterocycles. The van der Waals surface area contributed by atoms with Crippen LogP contribution in [0.25, 0.3) is 0 Å². The Balaban J connectivity index is 3.02. The Bertz CT molecular complexity index is 325. The van der Waals surface area contributed by atoms with Crippen LogP contribution in [0.4, 0.5) is 4.39 Å². The lowest BCUT2D eigenvalue weighted by molar-refractivity contribution is 0.591. The molecule has 0 radical (unpaired) electrons. The molecule has 0 fully saturated rings. The molecule has 0 amide bonds. The van der Waals surface area contributed by atoms with E-state index >= 15 is 0 Å². The normalized spacial score (nSPS) is 15.0. The molecule has 1 nitrogen and oxygen atoms in total.